The molecule has 0 amide bonds. The van der Waals surface area contributed by atoms with Gasteiger partial charge in [-0.2, -0.15) is 0 Å². The third-order valence-electron chi connectivity index (χ3n) is 3.66. The minimum Gasteiger partial charge on any atom is -0.301 e. The monoisotopic (exact) mass is 300 g/mol. The van der Waals surface area contributed by atoms with E-state index < -0.39 is 0 Å². The molecule has 104 valence electrons. The summed E-state index contributed by atoms with van der Waals surface area (Å²) in [5.74, 6) is 0. The van der Waals surface area contributed by atoms with Gasteiger partial charge in [0, 0.05) is 26.2 Å². The van der Waals surface area contributed by atoms with Crippen LogP contribution in [0.15, 0.2) is 18.2 Å². The molecule has 1 aliphatic rings. The number of carbonyl (C=O) groups is 1. The zero-order chi connectivity index (χ0) is 13.8. The molecule has 2 rings (SSSR count). The van der Waals surface area contributed by atoms with Gasteiger partial charge in [0.15, 0.2) is 0 Å². The first-order chi connectivity index (χ1) is 9.15. The van der Waals surface area contributed by atoms with E-state index in [1.165, 1.54) is 0 Å². The molecule has 0 aliphatic carbocycles. The number of piperazine rings is 1. The summed E-state index contributed by atoms with van der Waals surface area (Å²) in [5, 5.41) is 1.02. The van der Waals surface area contributed by atoms with Gasteiger partial charge in [0.05, 0.1) is 16.1 Å². The van der Waals surface area contributed by atoms with Crippen molar-refractivity contribution in [2.24, 2.45) is 0 Å². The summed E-state index contributed by atoms with van der Waals surface area (Å²) >= 11 is 11.9. The molecule has 3 nitrogen and oxygen atoms in total. The van der Waals surface area contributed by atoms with Crippen molar-refractivity contribution in [3.8, 4) is 0 Å². The minimum absolute atomic E-state index is 0.228. The number of aldehydes is 1. The molecule has 1 aliphatic heterocycles. The first kappa shape index (κ1) is 14.8. The quantitative estimate of drug-likeness (QED) is 0.799. The molecule has 0 aromatic heterocycles. The van der Waals surface area contributed by atoms with E-state index in [9.17, 15) is 4.79 Å². The zero-order valence-electron chi connectivity index (χ0n) is 11.0. The molecule has 1 atom stereocenters. The van der Waals surface area contributed by atoms with Gasteiger partial charge >= 0.3 is 0 Å². The minimum atomic E-state index is -0.228. The molecule has 0 bridgehead atoms. The van der Waals surface area contributed by atoms with Gasteiger partial charge < -0.3 is 9.69 Å². The summed E-state index contributed by atoms with van der Waals surface area (Å²) < 4.78 is 0. The van der Waals surface area contributed by atoms with Crippen LogP contribution >= 0.6 is 23.2 Å². The number of hydrogen-bond acceptors (Lipinski definition) is 3. The third-order valence-corrected chi connectivity index (χ3v) is 4.40. The van der Waals surface area contributed by atoms with Gasteiger partial charge in [0.25, 0.3) is 0 Å². The number of rotatable bonds is 4. The fraction of sp³-hybridized carbons (Fsp3) is 0.500. The predicted molar refractivity (Wildman–Crippen MR) is 79.0 cm³/mol. The Morgan fingerprint density at radius 2 is 1.89 bits per heavy atom. The van der Waals surface area contributed by atoms with Crippen molar-refractivity contribution in [1.29, 1.82) is 0 Å². The molecule has 0 N–H and O–H groups in total. The van der Waals surface area contributed by atoms with E-state index in [1.807, 2.05) is 6.07 Å². The van der Waals surface area contributed by atoms with E-state index >= 15 is 0 Å². The summed E-state index contributed by atoms with van der Waals surface area (Å²) in [6.45, 7) is 7.03. The molecule has 0 radical (unpaired) electrons. The predicted octanol–water partition coefficient (Wildman–Crippen LogP) is 2.87. The van der Waals surface area contributed by atoms with E-state index in [0.29, 0.717) is 10.0 Å². The number of nitrogens with zero attached hydrogens (tertiary/aromatic N) is 2. The molecule has 1 aromatic carbocycles. The maximum absolute atomic E-state index is 11.4. The number of likely N-dealkylation sites (N-methyl/N-ethyl adjacent to an activating group) is 1. The first-order valence-corrected chi connectivity index (χ1v) is 7.28. The van der Waals surface area contributed by atoms with Crippen LogP contribution in [-0.2, 0) is 4.79 Å². The van der Waals surface area contributed by atoms with Gasteiger partial charge in [0.1, 0.15) is 6.29 Å². The molecule has 1 heterocycles. The summed E-state index contributed by atoms with van der Waals surface area (Å²) in [7, 11) is 0. The smallest absolute Gasteiger partial charge is 0.141 e. The summed E-state index contributed by atoms with van der Waals surface area (Å²) in [6, 6.07) is 5.18. The standard InChI is InChI=1S/C14H18Cl2N2O/c1-2-17-5-7-18(8-6-17)14(10-19)11-3-4-12(15)13(16)9-11/h3-4,9-10,14H,2,5-8H2,1H3. The van der Waals surface area contributed by atoms with Crippen LogP contribution in [0.4, 0.5) is 0 Å². The second-order valence-corrected chi connectivity index (χ2v) is 5.54. The van der Waals surface area contributed by atoms with Crippen LogP contribution in [0.3, 0.4) is 0 Å². The van der Waals surface area contributed by atoms with Crippen molar-refractivity contribution < 1.29 is 4.79 Å². The Labute approximate surface area is 124 Å². The van der Waals surface area contributed by atoms with Crippen LogP contribution < -0.4 is 0 Å². The molecule has 5 heteroatoms. The van der Waals surface area contributed by atoms with Crippen molar-refractivity contribution in [1.82, 2.24) is 9.80 Å². The molecular formula is C14H18Cl2N2O. The van der Waals surface area contributed by atoms with Crippen LogP contribution in [0.5, 0.6) is 0 Å². The van der Waals surface area contributed by atoms with Crippen molar-refractivity contribution >= 4 is 29.5 Å². The summed E-state index contributed by atoms with van der Waals surface area (Å²) in [6.07, 6.45) is 0.987. The second-order valence-electron chi connectivity index (χ2n) is 4.72. The van der Waals surface area contributed by atoms with Crippen molar-refractivity contribution in [3.05, 3.63) is 33.8 Å². The maximum Gasteiger partial charge on any atom is 0.141 e. The highest BCUT2D eigenvalue weighted by Crippen LogP contribution is 2.28. The normalized spacial score (nSPS) is 19.3. The lowest BCUT2D eigenvalue weighted by atomic mass is 10.1. The summed E-state index contributed by atoms with van der Waals surface area (Å²) in [5.41, 5.74) is 0.911. The fourth-order valence-electron chi connectivity index (χ4n) is 2.43. The Kier molecular flexibility index (Phi) is 5.22. The van der Waals surface area contributed by atoms with Crippen molar-refractivity contribution in [2.75, 3.05) is 32.7 Å². The Balaban J connectivity index is 2.11. The highest BCUT2D eigenvalue weighted by Gasteiger charge is 2.24. The SMILES string of the molecule is CCN1CCN(C(C=O)c2ccc(Cl)c(Cl)c2)CC1. The Hall–Kier alpha value is -0.610. The molecular weight excluding hydrogens is 283 g/mol. The average Bonchev–Trinajstić information content (AvgIpc) is 2.44. The van der Waals surface area contributed by atoms with Gasteiger partial charge in [-0.15, -0.1) is 0 Å². The number of carbonyl (C=O) groups excluding carboxylic acids is 1. The number of halogens is 2. The van der Waals surface area contributed by atoms with E-state index in [1.54, 1.807) is 12.1 Å². The fourth-order valence-corrected chi connectivity index (χ4v) is 2.74. The van der Waals surface area contributed by atoms with Gasteiger partial charge in [-0.1, -0.05) is 36.2 Å². The van der Waals surface area contributed by atoms with E-state index in [0.717, 1.165) is 44.6 Å². The first-order valence-electron chi connectivity index (χ1n) is 6.52. The molecule has 1 unspecified atom stereocenters. The molecule has 1 fully saturated rings. The van der Waals surface area contributed by atoms with Gasteiger partial charge in [-0.05, 0) is 24.2 Å². The average molecular weight is 301 g/mol. The van der Waals surface area contributed by atoms with Gasteiger partial charge in [0.2, 0.25) is 0 Å². The van der Waals surface area contributed by atoms with Crippen LogP contribution in [0, 0.1) is 0 Å². The lowest BCUT2D eigenvalue weighted by molar-refractivity contribution is -0.113. The van der Waals surface area contributed by atoms with Crippen LogP contribution in [-0.4, -0.2) is 48.8 Å². The lowest BCUT2D eigenvalue weighted by Gasteiger charge is -2.37. The Bertz CT molecular complexity index is 445. The molecule has 0 spiro atoms. The van der Waals surface area contributed by atoms with E-state index in [-0.39, 0.29) is 6.04 Å². The largest absolute Gasteiger partial charge is 0.301 e. The van der Waals surface area contributed by atoms with Crippen LogP contribution in [0.1, 0.15) is 18.5 Å². The second kappa shape index (κ2) is 6.71. The topological polar surface area (TPSA) is 23.6 Å². The van der Waals surface area contributed by atoms with Crippen LogP contribution in [0.25, 0.3) is 0 Å². The van der Waals surface area contributed by atoms with E-state index in [2.05, 4.69) is 16.7 Å². The molecule has 19 heavy (non-hydrogen) atoms. The van der Waals surface area contributed by atoms with Crippen molar-refractivity contribution in [3.63, 3.8) is 0 Å². The third kappa shape index (κ3) is 3.48. The number of benzene rings is 1. The highest BCUT2D eigenvalue weighted by molar-refractivity contribution is 6.42. The Morgan fingerprint density at radius 3 is 2.42 bits per heavy atom. The molecule has 1 saturated heterocycles. The zero-order valence-corrected chi connectivity index (χ0v) is 12.5. The van der Waals surface area contributed by atoms with Crippen LogP contribution in [0.2, 0.25) is 10.0 Å². The van der Waals surface area contributed by atoms with E-state index in [4.69, 9.17) is 23.2 Å². The lowest BCUT2D eigenvalue weighted by Crippen LogP contribution is -2.47. The summed E-state index contributed by atoms with van der Waals surface area (Å²) in [4.78, 5) is 16.0. The van der Waals surface area contributed by atoms with Crippen molar-refractivity contribution in [2.45, 2.75) is 13.0 Å². The van der Waals surface area contributed by atoms with Gasteiger partial charge in [-0.25, -0.2) is 0 Å². The number of hydrogen-bond donors (Lipinski definition) is 0. The van der Waals surface area contributed by atoms with Gasteiger partial charge in [-0.3, -0.25) is 4.90 Å². The maximum atomic E-state index is 11.4. The molecule has 0 saturated carbocycles. The highest BCUT2D eigenvalue weighted by atomic mass is 35.5. The molecule has 1 aromatic rings. The Morgan fingerprint density at radius 1 is 1.21 bits per heavy atom.